The molecule has 0 spiro atoms. The molecule has 12 aromatic rings. The highest BCUT2D eigenvalue weighted by atomic mass is 16.5. The second kappa shape index (κ2) is 15.3. The minimum atomic E-state index is -0.206. The largest absolute Gasteiger partial charge is 0.458 e. The maximum atomic E-state index is 7.44. The number of hydrogen-bond donors (Lipinski definition) is 0. The molecule has 75 heavy (non-hydrogen) atoms. The second-order valence-electron chi connectivity index (χ2n) is 19.9. The van der Waals surface area contributed by atoms with Crippen LogP contribution >= 0.6 is 0 Å². The summed E-state index contributed by atoms with van der Waals surface area (Å²) in [5.41, 5.74) is 21.4. The quantitative estimate of drug-likeness (QED) is 0.147. The first kappa shape index (κ1) is 40.7. The number of nitrogens with zero attached hydrogens (tertiary/aromatic N) is 4. The Morgan fingerprint density at radius 3 is 1.39 bits per heavy atom. The molecule has 0 saturated heterocycles. The first-order valence-electron chi connectivity index (χ1n) is 25.6. The van der Waals surface area contributed by atoms with Crippen LogP contribution < -0.4 is 61.9 Å². The van der Waals surface area contributed by atoms with Gasteiger partial charge in [-0.05, 0) is 118 Å². The van der Waals surface area contributed by atoms with Crippen LogP contribution in [0.5, 0.6) is 23.0 Å². The molecule has 0 saturated carbocycles. The van der Waals surface area contributed by atoms with E-state index in [-0.39, 0.29) is 13.4 Å². The molecular weight excluding hydrogens is 918 g/mol. The molecule has 9 heteroatoms. The number of benzene rings is 11. The van der Waals surface area contributed by atoms with Crippen LogP contribution in [0.4, 0.5) is 68.2 Å². The molecule has 348 valence electrons. The van der Waals surface area contributed by atoms with Gasteiger partial charge in [0, 0.05) is 74.5 Å². The fourth-order valence-corrected chi connectivity index (χ4v) is 13.0. The van der Waals surface area contributed by atoms with Gasteiger partial charge < -0.3 is 33.5 Å². The van der Waals surface area contributed by atoms with E-state index in [1.165, 1.54) is 10.9 Å². The molecule has 0 N–H and O–H groups in total. The third kappa shape index (κ3) is 5.66. The van der Waals surface area contributed by atoms with E-state index in [2.05, 4.69) is 262 Å². The van der Waals surface area contributed by atoms with Gasteiger partial charge >= 0.3 is 0 Å². The monoisotopic (exact) mass is 958 g/mol. The van der Waals surface area contributed by atoms with Crippen molar-refractivity contribution in [3.05, 3.63) is 243 Å². The number of fused-ring (bicyclic) bond motifs is 10. The summed E-state index contributed by atoms with van der Waals surface area (Å²) >= 11 is 0. The van der Waals surface area contributed by atoms with E-state index in [9.17, 15) is 0 Å². The van der Waals surface area contributed by atoms with Gasteiger partial charge in [-0.25, -0.2) is 0 Å². The molecule has 0 unspecified atom stereocenters. The molecule has 17 rings (SSSR count). The van der Waals surface area contributed by atoms with Gasteiger partial charge in [0.2, 0.25) is 0 Å². The maximum Gasteiger partial charge on any atom is 0.256 e. The zero-order chi connectivity index (χ0) is 48.9. The van der Waals surface area contributed by atoms with Crippen molar-refractivity contribution in [2.75, 3.05) is 19.6 Å². The molecule has 0 atom stereocenters. The summed E-state index contributed by atoms with van der Waals surface area (Å²) in [6.45, 7) is -0.362. The molecule has 5 aliphatic rings. The number of ether oxygens (including phenoxy) is 2. The number of hydrogen-bond acceptors (Lipinski definition) is 7. The van der Waals surface area contributed by atoms with Crippen LogP contribution in [0, 0.1) is 0 Å². The molecule has 7 nitrogen and oxygen atoms in total. The van der Waals surface area contributed by atoms with Crippen LogP contribution in [-0.4, -0.2) is 13.4 Å². The van der Waals surface area contributed by atoms with Crippen LogP contribution in [-0.2, 0) is 0 Å². The van der Waals surface area contributed by atoms with Gasteiger partial charge in [-0.3, -0.25) is 0 Å². The molecule has 0 bridgehead atoms. The Balaban J connectivity index is 0.955. The van der Waals surface area contributed by atoms with Crippen LogP contribution in [0.25, 0.3) is 21.9 Å². The van der Waals surface area contributed by atoms with Gasteiger partial charge in [-0.15, -0.1) is 0 Å². The third-order valence-corrected chi connectivity index (χ3v) is 16.0. The van der Waals surface area contributed by atoms with Crippen LogP contribution in [0.3, 0.4) is 0 Å². The highest BCUT2D eigenvalue weighted by Crippen LogP contribution is 2.59. The Morgan fingerprint density at radius 1 is 0.320 bits per heavy atom. The van der Waals surface area contributed by atoms with Crippen LogP contribution in [0.1, 0.15) is 0 Å². The lowest BCUT2D eigenvalue weighted by Gasteiger charge is -2.51. The van der Waals surface area contributed by atoms with Gasteiger partial charge in [0.25, 0.3) is 13.4 Å². The van der Waals surface area contributed by atoms with Crippen molar-refractivity contribution >= 4 is 136 Å². The predicted molar refractivity (Wildman–Crippen MR) is 308 cm³/mol. The standard InChI is InChI=1S/C66H40B2N4O3/c1-6-19-41(20-7-1)69(42-21-8-2-9-22-42)46-33-35-50-56(37-46)73-58-40-59-61-64-60(58)67(50)52-30-18-31-54-62(52)72(64)63-53(39-49-48-29-16-17-32-55(48)75-66(49)65(63)71(54)45-27-14-5-15-28-45)68(61)51-36-34-47(38-57(51)74-59)70(43-23-10-3-11-24-43)44-25-12-4-13-26-44/h1-40H. The SMILES string of the molecule is c1ccc(N(c2ccccc2)c2ccc3c(c2)Oc2cc4c5c6c2B3c2cccc3c2N6c2c(cc6c(oc7ccccc76)c2N3c2ccccc2)B5c2ccc(N(c3ccccc3)c3ccccc3)cc2O4)cc1. The molecule has 0 radical (unpaired) electrons. The number of para-hydroxylation sites is 7. The molecule has 0 aliphatic carbocycles. The summed E-state index contributed by atoms with van der Waals surface area (Å²) < 4.78 is 22.0. The van der Waals surface area contributed by atoms with Crippen LogP contribution in [0.15, 0.2) is 247 Å². The van der Waals surface area contributed by atoms with Gasteiger partial charge in [0.05, 0.1) is 17.1 Å². The van der Waals surface area contributed by atoms with Crippen molar-refractivity contribution in [1.82, 2.24) is 0 Å². The van der Waals surface area contributed by atoms with Crippen molar-refractivity contribution in [3.8, 4) is 23.0 Å². The van der Waals surface area contributed by atoms with E-state index in [1.54, 1.807) is 0 Å². The van der Waals surface area contributed by atoms with E-state index in [0.29, 0.717) is 0 Å². The predicted octanol–water partition coefficient (Wildman–Crippen LogP) is 13.6. The molecular formula is C66H40B2N4O3. The van der Waals surface area contributed by atoms with Crippen LogP contribution in [0.2, 0.25) is 0 Å². The highest BCUT2D eigenvalue weighted by Gasteiger charge is 2.54. The molecule has 1 aromatic heterocycles. The van der Waals surface area contributed by atoms with E-state index < -0.39 is 0 Å². The van der Waals surface area contributed by atoms with Crippen molar-refractivity contribution in [2.24, 2.45) is 0 Å². The normalized spacial score (nSPS) is 13.4. The van der Waals surface area contributed by atoms with Gasteiger partial charge in [0.15, 0.2) is 5.58 Å². The van der Waals surface area contributed by atoms with Gasteiger partial charge in [0.1, 0.15) is 34.3 Å². The average molecular weight is 959 g/mol. The number of furan rings is 1. The van der Waals surface area contributed by atoms with Crippen molar-refractivity contribution in [1.29, 1.82) is 0 Å². The molecule has 11 aromatic carbocycles. The van der Waals surface area contributed by atoms with Crippen molar-refractivity contribution in [2.45, 2.75) is 0 Å². The summed E-state index contributed by atoms with van der Waals surface area (Å²) in [4.78, 5) is 9.61. The molecule has 0 amide bonds. The first-order valence-corrected chi connectivity index (χ1v) is 25.6. The Hall–Kier alpha value is -9.85. The molecule has 5 aliphatic heterocycles. The number of anilines is 12. The van der Waals surface area contributed by atoms with Crippen molar-refractivity contribution in [3.63, 3.8) is 0 Å². The Bertz CT molecular complexity index is 4270. The second-order valence-corrected chi connectivity index (χ2v) is 19.9. The van der Waals surface area contributed by atoms with E-state index in [1.807, 2.05) is 0 Å². The summed E-state index contributed by atoms with van der Waals surface area (Å²) in [6.07, 6.45) is 0. The Labute approximate surface area is 433 Å². The van der Waals surface area contributed by atoms with Gasteiger partial charge in [-0.2, -0.15) is 0 Å². The van der Waals surface area contributed by atoms with E-state index in [0.717, 1.165) is 135 Å². The lowest BCUT2D eigenvalue weighted by atomic mass is 9.29. The topological polar surface area (TPSA) is 44.6 Å². The molecule has 6 heterocycles. The van der Waals surface area contributed by atoms with E-state index >= 15 is 0 Å². The van der Waals surface area contributed by atoms with Crippen molar-refractivity contribution < 1.29 is 13.9 Å². The minimum Gasteiger partial charge on any atom is -0.458 e. The molecule has 0 fully saturated rings. The lowest BCUT2D eigenvalue weighted by Crippen LogP contribution is -2.67. The Morgan fingerprint density at radius 2 is 0.827 bits per heavy atom. The summed E-state index contributed by atoms with van der Waals surface area (Å²) in [5, 5.41) is 2.16. The number of rotatable bonds is 7. The minimum absolute atomic E-state index is 0.156. The zero-order valence-corrected chi connectivity index (χ0v) is 40.3. The fourth-order valence-electron chi connectivity index (χ4n) is 13.0. The summed E-state index contributed by atoms with van der Waals surface area (Å²) in [6, 6.07) is 86.5. The summed E-state index contributed by atoms with van der Waals surface area (Å²) in [7, 11) is 0. The zero-order valence-electron chi connectivity index (χ0n) is 40.3. The lowest BCUT2D eigenvalue weighted by molar-refractivity contribution is 0.466. The summed E-state index contributed by atoms with van der Waals surface area (Å²) in [5.74, 6) is 3.19. The highest BCUT2D eigenvalue weighted by molar-refractivity contribution is 7.04. The van der Waals surface area contributed by atoms with Gasteiger partial charge in [-0.1, -0.05) is 140 Å². The average Bonchev–Trinajstić information content (AvgIpc) is 3.96. The fraction of sp³-hybridized carbons (Fsp3) is 0. The first-order chi connectivity index (χ1) is 37.2. The van der Waals surface area contributed by atoms with E-state index in [4.69, 9.17) is 13.9 Å². The third-order valence-electron chi connectivity index (χ3n) is 16.0. The maximum absolute atomic E-state index is 7.44. The smallest absolute Gasteiger partial charge is 0.256 e. The Kier molecular flexibility index (Phi) is 8.33.